The molecule has 1 aromatic rings. The minimum Gasteiger partial charge on any atom is -0.456 e. The lowest BCUT2D eigenvalue weighted by atomic mass is 9.71. The molecule has 0 unspecified atom stereocenters. The van der Waals surface area contributed by atoms with E-state index in [9.17, 15) is 19.8 Å². The molecule has 3 heterocycles. The molecule has 0 spiro atoms. The van der Waals surface area contributed by atoms with Gasteiger partial charge >= 0.3 is 5.97 Å². The van der Waals surface area contributed by atoms with Crippen LogP contribution in [-0.2, 0) is 19.1 Å². The molecular weight excluding hydrogens is 482 g/mol. The molecule has 0 aromatic carbocycles. The third-order valence-corrected chi connectivity index (χ3v) is 8.30. The molecule has 2 N–H and O–H groups in total. The Morgan fingerprint density at radius 1 is 1.25 bits per heavy atom. The topological polar surface area (TPSA) is 109 Å². The first kappa shape index (κ1) is 28.8. The van der Waals surface area contributed by atoms with Crippen molar-refractivity contribution in [3.63, 3.8) is 0 Å². The normalized spacial score (nSPS) is 36.6. The van der Waals surface area contributed by atoms with Crippen LogP contribution in [0.25, 0.3) is 6.08 Å². The molecule has 2 aliphatic rings. The fourth-order valence-corrected chi connectivity index (χ4v) is 5.35. The predicted molar refractivity (Wildman–Crippen MR) is 138 cm³/mol. The average molecular weight is 522 g/mol. The Morgan fingerprint density at radius 2 is 1.97 bits per heavy atom. The zero-order chi connectivity index (χ0) is 26.7. The number of hydrogen-bond donors (Lipinski definition) is 2. The van der Waals surface area contributed by atoms with Gasteiger partial charge in [0.15, 0.2) is 0 Å². The maximum absolute atomic E-state index is 13.4. The second-order valence-corrected chi connectivity index (χ2v) is 11.5. The molecule has 0 aliphatic carbocycles. The largest absolute Gasteiger partial charge is 0.456 e. The van der Waals surface area contributed by atoms with Crippen molar-refractivity contribution in [1.82, 2.24) is 4.98 Å². The zero-order valence-electron chi connectivity index (χ0n) is 21.9. The van der Waals surface area contributed by atoms with Gasteiger partial charge in [-0.3, -0.25) is 14.6 Å². The Morgan fingerprint density at radius 3 is 2.61 bits per heavy atom. The highest BCUT2D eigenvalue weighted by Crippen LogP contribution is 2.45. The molecule has 36 heavy (non-hydrogen) atoms. The number of ether oxygens (including phenoxy) is 2. The molecule has 7 nitrogen and oxygen atoms in total. The summed E-state index contributed by atoms with van der Waals surface area (Å²) >= 11 is 6.62. The van der Waals surface area contributed by atoms with Gasteiger partial charge in [0.1, 0.15) is 11.9 Å². The molecule has 0 bridgehead atoms. The minimum absolute atomic E-state index is 0.0889. The number of aliphatic hydroxyl groups is 2. The molecule has 200 valence electrons. The summed E-state index contributed by atoms with van der Waals surface area (Å²) < 4.78 is 11.8. The van der Waals surface area contributed by atoms with E-state index < -0.39 is 35.6 Å². The molecular formula is C28H40ClNO6. The fraction of sp³-hybridized carbons (Fsp3) is 0.679. The van der Waals surface area contributed by atoms with Crippen LogP contribution >= 0.6 is 11.6 Å². The third-order valence-electron chi connectivity index (χ3n) is 7.95. The Kier molecular flexibility index (Phi) is 9.36. The average Bonchev–Trinajstić information content (AvgIpc) is 3.47. The lowest BCUT2D eigenvalue weighted by molar-refractivity contribution is -0.154. The summed E-state index contributed by atoms with van der Waals surface area (Å²) in [5.41, 5.74) is -0.968. The Labute approximate surface area is 219 Å². The van der Waals surface area contributed by atoms with Gasteiger partial charge < -0.3 is 19.7 Å². The second kappa shape index (κ2) is 11.7. The van der Waals surface area contributed by atoms with Crippen LogP contribution in [0, 0.1) is 17.3 Å². The number of nitrogens with zero attached hydrogens (tertiary/aromatic N) is 1. The molecule has 1 aromatic heterocycles. The highest BCUT2D eigenvalue weighted by Gasteiger charge is 2.53. The van der Waals surface area contributed by atoms with Crippen LogP contribution in [0.3, 0.4) is 0 Å². The molecule has 3 rings (SSSR count). The molecule has 7 atom stereocenters. The van der Waals surface area contributed by atoms with Crippen molar-refractivity contribution in [2.24, 2.45) is 17.3 Å². The maximum Gasteiger partial charge on any atom is 0.309 e. The van der Waals surface area contributed by atoms with Gasteiger partial charge in [0, 0.05) is 18.5 Å². The van der Waals surface area contributed by atoms with Crippen molar-refractivity contribution in [3.05, 3.63) is 35.1 Å². The first-order valence-electron chi connectivity index (χ1n) is 12.9. The molecule has 0 amide bonds. The van der Waals surface area contributed by atoms with Crippen LogP contribution in [0.4, 0.5) is 0 Å². The van der Waals surface area contributed by atoms with Crippen LogP contribution in [0.1, 0.15) is 78.8 Å². The highest BCUT2D eigenvalue weighted by atomic mass is 35.5. The van der Waals surface area contributed by atoms with Crippen LogP contribution in [0.2, 0.25) is 0 Å². The third kappa shape index (κ3) is 6.74. The number of pyridine rings is 1. The predicted octanol–water partition coefficient (Wildman–Crippen LogP) is 4.67. The summed E-state index contributed by atoms with van der Waals surface area (Å²) in [5, 5.41) is 22.2. The Hall–Kier alpha value is -1.80. The molecule has 8 heteroatoms. The van der Waals surface area contributed by atoms with Crippen LogP contribution in [-0.4, -0.2) is 57.0 Å². The number of hydrogen-bond acceptors (Lipinski definition) is 7. The van der Waals surface area contributed by atoms with E-state index in [2.05, 4.69) is 4.98 Å². The van der Waals surface area contributed by atoms with E-state index in [1.165, 1.54) is 0 Å². The van der Waals surface area contributed by atoms with E-state index >= 15 is 0 Å². The summed E-state index contributed by atoms with van der Waals surface area (Å²) in [6.07, 6.45) is 3.12. The number of aliphatic hydroxyl groups excluding tert-OH is 2. The molecule has 2 saturated heterocycles. The number of epoxide rings is 1. The first-order chi connectivity index (χ1) is 16.9. The van der Waals surface area contributed by atoms with Crippen molar-refractivity contribution < 1.29 is 29.3 Å². The summed E-state index contributed by atoms with van der Waals surface area (Å²) in [5.74, 6) is -1.62. The van der Waals surface area contributed by atoms with Crippen molar-refractivity contribution in [3.8, 4) is 0 Å². The van der Waals surface area contributed by atoms with Crippen LogP contribution in [0.15, 0.2) is 29.4 Å². The highest BCUT2D eigenvalue weighted by molar-refractivity contribution is 6.32. The van der Waals surface area contributed by atoms with Gasteiger partial charge in [0.05, 0.1) is 46.5 Å². The summed E-state index contributed by atoms with van der Waals surface area (Å²) in [4.78, 5) is 30.6. The van der Waals surface area contributed by atoms with Gasteiger partial charge in [-0.15, -0.1) is 0 Å². The van der Waals surface area contributed by atoms with Crippen molar-refractivity contribution >= 4 is 29.4 Å². The lowest BCUT2D eigenvalue weighted by Crippen LogP contribution is -2.46. The Balaban J connectivity index is 1.87. The number of halogens is 1. The SMILES string of the molecule is CC[C@H]1C(=O)C(C)(C)[C@@H](O)CC(=O)O[C@H](C(Cl)=Cc2ccccn2)C[C@@H]2O[C@]2(C)CCC[C@H](C)[C@@H]1O. The summed E-state index contributed by atoms with van der Waals surface area (Å²) in [6.45, 7) is 9.08. The van der Waals surface area contributed by atoms with Crippen LogP contribution < -0.4 is 0 Å². The van der Waals surface area contributed by atoms with E-state index in [4.69, 9.17) is 21.1 Å². The number of carbonyl (C=O) groups is 2. The van der Waals surface area contributed by atoms with Gasteiger partial charge in [-0.1, -0.05) is 51.8 Å². The minimum atomic E-state index is -1.27. The molecule has 2 fully saturated rings. The van der Waals surface area contributed by atoms with Crippen molar-refractivity contribution in [1.29, 1.82) is 0 Å². The van der Waals surface area contributed by atoms with Gasteiger partial charge in [0.2, 0.25) is 0 Å². The zero-order valence-corrected chi connectivity index (χ0v) is 22.7. The Bertz CT molecular complexity index is 951. The standard InChI is InChI=1S/C28H40ClNO6/c1-6-19-25(33)17(2)10-9-12-28(5)23(36-28)15-21(20(29)14-18-11-7-8-13-30-18)35-24(32)16-22(31)27(3,4)26(19)34/h7-8,11,13-14,17,19,21-23,25,31,33H,6,9-10,12,15-16H2,1-5H3/t17-,19+,21-,22-,23-,25-,28+/m0/s1. The van der Waals surface area contributed by atoms with Crippen molar-refractivity contribution in [2.45, 2.75) is 103 Å². The van der Waals surface area contributed by atoms with E-state index in [1.807, 2.05) is 26.8 Å². The molecule has 0 radical (unpaired) electrons. The molecule has 2 aliphatic heterocycles. The van der Waals surface area contributed by atoms with Gasteiger partial charge in [-0.2, -0.15) is 0 Å². The smallest absolute Gasteiger partial charge is 0.309 e. The number of ketones is 1. The number of carbonyl (C=O) groups excluding carboxylic acids is 2. The quantitative estimate of drug-likeness (QED) is 0.439. The monoisotopic (exact) mass is 521 g/mol. The first-order valence-corrected chi connectivity index (χ1v) is 13.3. The number of esters is 1. The van der Waals surface area contributed by atoms with E-state index in [1.54, 1.807) is 38.3 Å². The number of Topliss-reactive ketones (excluding diaryl/α,β-unsaturated/α-hetero) is 1. The second-order valence-electron chi connectivity index (χ2n) is 11.1. The maximum atomic E-state index is 13.4. The van der Waals surface area contributed by atoms with E-state index in [-0.39, 0.29) is 29.8 Å². The number of rotatable bonds is 3. The lowest BCUT2D eigenvalue weighted by Gasteiger charge is -2.35. The van der Waals surface area contributed by atoms with Crippen molar-refractivity contribution in [2.75, 3.05) is 0 Å². The van der Waals surface area contributed by atoms with Crippen LogP contribution in [0.5, 0.6) is 0 Å². The summed E-state index contributed by atoms with van der Waals surface area (Å²) in [6, 6.07) is 5.44. The van der Waals surface area contributed by atoms with Gasteiger partial charge in [-0.05, 0) is 50.3 Å². The van der Waals surface area contributed by atoms with E-state index in [0.717, 1.165) is 19.3 Å². The molecule has 0 saturated carbocycles. The summed E-state index contributed by atoms with van der Waals surface area (Å²) in [7, 11) is 0. The fourth-order valence-electron chi connectivity index (χ4n) is 5.10. The van der Waals surface area contributed by atoms with E-state index in [0.29, 0.717) is 23.6 Å². The number of aromatic nitrogens is 1. The number of fused-ring (bicyclic) bond motifs is 1. The van der Waals surface area contributed by atoms with Gasteiger partial charge in [-0.25, -0.2) is 0 Å². The number of cyclic esters (lactones) is 1. The van der Waals surface area contributed by atoms with Gasteiger partial charge in [0.25, 0.3) is 0 Å².